The van der Waals surface area contributed by atoms with Crippen molar-refractivity contribution in [3.8, 4) is 11.5 Å². The molecule has 1 heterocycles. The molecule has 0 saturated carbocycles. The van der Waals surface area contributed by atoms with Gasteiger partial charge in [-0.1, -0.05) is 18.2 Å². The van der Waals surface area contributed by atoms with Crippen LogP contribution in [0.5, 0.6) is 11.5 Å². The van der Waals surface area contributed by atoms with Gasteiger partial charge in [-0.2, -0.15) is 0 Å². The van der Waals surface area contributed by atoms with E-state index in [1.54, 1.807) is 57.2 Å². The second-order valence-corrected chi connectivity index (χ2v) is 9.23. The van der Waals surface area contributed by atoms with Crippen molar-refractivity contribution >= 4 is 50.6 Å². The molecule has 0 saturated heterocycles. The molecule has 34 heavy (non-hydrogen) atoms. The number of ether oxygens (including phenoxy) is 2. The highest BCUT2D eigenvalue weighted by Crippen LogP contribution is 2.31. The quantitative estimate of drug-likeness (QED) is 0.254. The molecule has 3 aromatic carbocycles. The van der Waals surface area contributed by atoms with Gasteiger partial charge >= 0.3 is 6.09 Å². The lowest BCUT2D eigenvalue weighted by Gasteiger charge is -2.19. The molecular weight excluding hydrogens is 500 g/mol. The van der Waals surface area contributed by atoms with Crippen LogP contribution in [0.2, 0.25) is 0 Å². The lowest BCUT2D eigenvalue weighted by Crippen LogP contribution is -2.26. The van der Waals surface area contributed by atoms with Crippen LogP contribution >= 0.6 is 16.1 Å². The topological polar surface area (TPSA) is 99.7 Å². The predicted octanol–water partition coefficient (Wildman–Crippen LogP) is 6.15. The van der Waals surface area contributed by atoms with Gasteiger partial charge in [0.25, 0.3) is 5.91 Å². The molecule has 4 aromatic rings. The van der Waals surface area contributed by atoms with Gasteiger partial charge in [0.05, 0.1) is 38.6 Å². The summed E-state index contributed by atoms with van der Waals surface area (Å²) in [5, 5.41) is 0. The molecule has 8 nitrogen and oxygen atoms in total. The SMILES string of the molecule is CC(C)(C)OC(=O)n1cnc2cc(Oc3ccc(C(=O)N(Br)c4ccccc4)cc3N)ccc21. The normalized spacial score (nSPS) is 11.3. The molecule has 1 aromatic heterocycles. The minimum absolute atomic E-state index is 0.265. The van der Waals surface area contributed by atoms with E-state index in [2.05, 4.69) is 21.1 Å². The zero-order valence-corrected chi connectivity index (χ0v) is 20.4. The van der Waals surface area contributed by atoms with Crippen molar-refractivity contribution in [1.82, 2.24) is 9.55 Å². The molecule has 0 bridgehead atoms. The van der Waals surface area contributed by atoms with Gasteiger partial charge in [-0.05, 0) is 63.2 Å². The van der Waals surface area contributed by atoms with Gasteiger partial charge in [0.15, 0.2) is 0 Å². The fraction of sp³-hybridized carbons (Fsp3) is 0.160. The summed E-state index contributed by atoms with van der Waals surface area (Å²) in [7, 11) is 0. The number of hydrogen-bond acceptors (Lipinski definition) is 6. The van der Waals surface area contributed by atoms with Crippen LogP contribution in [-0.2, 0) is 4.74 Å². The first-order valence-electron chi connectivity index (χ1n) is 10.5. The van der Waals surface area contributed by atoms with Gasteiger partial charge in [-0.25, -0.2) is 18.3 Å². The minimum Gasteiger partial charge on any atom is -0.455 e. The molecular formula is C25H23BrN4O4. The monoisotopic (exact) mass is 522 g/mol. The van der Waals surface area contributed by atoms with E-state index in [-0.39, 0.29) is 5.91 Å². The molecule has 2 N–H and O–H groups in total. The van der Waals surface area contributed by atoms with Crippen molar-refractivity contribution in [2.75, 3.05) is 9.66 Å². The highest BCUT2D eigenvalue weighted by Gasteiger charge is 2.20. The fourth-order valence-corrected chi connectivity index (χ4v) is 3.64. The third kappa shape index (κ3) is 5.04. The largest absolute Gasteiger partial charge is 0.455 e. The van der Waals surface area contributed by atoms with Gasteiger partial charge in [-0.3, -0.25) is 4.79 Å². The lowest BCUT2D eigenvalue weighted by molar-refractivity contribution is 0.0543. The number of hydrogen-bond donors (Lipinski definition) is 1. The summed E-state index contributed by atoms with van der Waals surface area (Å²) in [6.07, 6.45) is 0.903. The molecule has 0 atom stereocenters. The lowest BCUT2D eigenvalue weighted by atomic mass is 10.1. The Hall–Kier alpha value is -3.85. The molecule has 0 aliphatic carbocycles. The molecule has 174 valence electrons. The van der Waals surface area contributed by atoms with E-state index in [1.807, 2.05) is 30.3 Å². The van der Waals surface area contributed by atoms with E-state index in [4.69, 9.17) is 15.2 Å². The molecule has 0 spiro atoms. The maximum absolute atomic E-state index is 12.8. The van der Waals surface area contributed by atoms with Crippen molar-refractivity contribution in [1.29, 1.82) is 0 Å². The van der Waals surface area contributed by atoms with Gasteiger partial charge in [0.1, 0.15) is 23.4 Å². The van der Waals surface area contributed by atoms with Gasteiger partial charge in [-0.15, -0.1) is 0 Å². The zero-order chi connectivity index (χ0) is 24.5. The summed E-state index contributed by atoms with van der Waals surface area (Å²) in [6.45, 7) is 5.41. The second kappa shape index (κ2) is 9.18. The van der Waals surface area contributed by atoms with Crippen LogP contribution in [0.3, 0.4) is 0 Å². The summed E-state index contributed by atoms with van der Waals surface area (Å²) < 4.78 is 14.0. The first-order valence-corrected chi connectivity index (χ1v) is 11.2. The molecule has 1 amide bonds. The van der Waals surface area contributed by atoms with E-state index in [1.165, 1.54) is 14.8 Å². The van der Waals surface area contributed by atoms with Crippen molar-refractivity contribution in [3.63, 3.8) is 0 Å². The van der Waals surface area contributed by atoms with E-state index in [0.717, 1.165) is 0 Å². The van der Waals surface area contributed by atoms with Crippen LogP contribution in [0.4, 0.5) is 16.2 Å². The Morgan fingerprint density at radius 2 is 1.76 bits per heavy atom. The Balaban J connectivity index is 1.52. The Morgan fingerprint density at radius 1 is 1.03 bits per heavy atom. The average Bonchev–Trinajstić information content (AvgIpc) is 3.22. The van der Waals surface area contributed by atoms with E-state index in [9.17, 15) is 9.59 Å². The van der Waals surface area contributed by atoms with Crippen molar-refractivity contribution in [2.45, 2.75) is 26.4 Å². The predicted molar refractivity (Wildman–Crippen MR) is 134 cm³/mol. The summed E-state index contributed by atoms with van der Waals surface area (Å²) >= 11 is 3.31. The number of benzene rings is 3. The number of nitrogen functional groups attached to an aromatic ring is 1. The van der Waals surface area contributed by atoms with E-state index >= 15 is 0 Å². The van der Waals surface area contributed by atoms with Crippen LogP contribution in [0.25, 0.3) is 11.0 Å². The van der Waals surface area contributed by atoms with Gasteiger partial charge in [0, 0.05) is 11.6 Å². The number of amides is 1. The summed E-state index contributed by atoms with van der Waals surface area (Å²) in [5.74, 6) is 0.612. The Kier molecular flexibility index (Phi) is 6.30. The first-order chi connectivity index (χ1) is 16.1. The number of nitrogens with two attached hydrogens (primary N) is 1. The van der Waals surface area contributed by atoms with Gasteiger partial charge in [0.2, 0.25) is 0 Å². The molecule has 0 fully saturated rings. The van der Waals surface area contributed by atoms with Crippen LogP contribution in [0, 0.1) is 0 Å². The number of imidazole rings is 1. The smallest absolute Gasteiger partial charge is 0.420 e. The third-order valence-corrected chi connectivity index (χ3v) is 5.49. The van der Waals surface area contributed by atoms with Crippen molar-refractivity contribution in [3.05, 3.63) is 78.6 Å². The Labute approximate surface area is 205 Å². The number of nitrogens with zero attached hydrogens (tertiary/aromatic N) is 3. The molecule has 0 aliphatic rings. The Bertz CT molecular complexity index is 1360. The van der Waals surface area contributed by atoms with Crippen LogP contribution in [0.15, 0.2) is 73.1 Å². The number of carbonyl (C=O) groups excluding carboxylic acids is 2. The molecule has 0 aliphatic heterocycles. The number of fused-ring (bicyclic) bond motifs is 1. The van der Waals surface area contributed by atoms with Crippen molar-refractivity contribution in [2.24, 2.45) is 0 Å². The number of anilines is 2. The summed E-state index contributed by atoms with van der Waals surface area (Å²) in [4.78, 5) is 29.5. The van der Waals surface area contributed by atoms with Gasteiger partial charge < -0.3 is 15.2 Å². The molecule has 4 rings (SSSR count). The van der Waals surface area contributed by atoms with E-state index < -0.39 is 11.7 Å². The first kappa shape index (κ1) is 23.3. The number of halogens is 1. The standard InChI is InChI=1S/C25H23BrN4O4/c1-25(2,3)34-24(32)29-15-28-20-14-18(10-11-21(20)29)33-22-12-9-16(13-19(22)27)23(31)30(26)17-7-5-4-6-8-17/h4-15H,27H2,1-3H3. The average molecular weight is 523 g/mol. The maximum atomic E-state index is 12.8. The molecule has 9 heteroatoms. The highest BCUT2D eigenvalue weighted by atomic mass is 79.9. The molecule has 0 unspecified atom stereocenters. The second-order valence-electron chi connectivity index (χ2n) is 8.52. The number of para-hydroxylation sites is 1. The number of aromatic nitrogens is 2. The summed E-state index contributed by atoms with van der Waals surface area (Å²) in [6, 6.07) is 19.1. The zero-order valence-electron chi connectivity index (χ0n) is 18.9. The summed E-state index contributed by atoms with van der Waals surface area (Å²) in [5.41, 5.74) is 8.11. The molecule has 0 radical (unpaired) electrons. The fourth-order valence-electron chi connectivity index (χ4n) is 3.20. The number of carbonyl (C=O) groups is 2. The van der Waals surface area contributed by atoms with Crippen LogP contribution in [-0.4, -0.2) is 27.2 Å². The number of rotatable bonds is 4. The van der Waals surface area contributed by atoms with E-state index in [0.29, 0.717) is 39.5 Å². The van der Waals surface area contributed by atoms with Crippen LogP contribution in [0.1, 0.15) is 31.1 Å². The van der Waals surface area contributed by atoms with Crippen LogP contribution < -0.4 is 14.4 Å². The maximum Gasteiger partial charge on any atom is 0.420 e. The highest BCUT2D eigenvalue weighted by molar-refractivity contribution is 9.10. The minimum atomic E-state index is -0.616. The van der Waals surface area contributed by atoms with Crippen molar-refractivity contribution < 1.29 is 19.1 Å². The third-order valence-electron chi connectivity index (χ3n) is 4.75. The Morgan fingerprint density at radius 3 is 2.44 bits per heavy atom.